The lowest BCUT2D eigenvalue weighted by Gasteiger charge is -2.36. The number of nitrogens with one attached hydrogen (secondary N) is 1. The molecule has 0 spiro atoms. The first-order chi connectivity index (χ1) is 7.17. The number of likely N-dealkylation sites (N-methyl/N-ethyl adjacent to an activating group) is 1. The maximum absolute atomic E-state index is 5.49. The molecule has 1 heterocycles. The lowest BCUT2D eigenvalue weighted by atomic mass is 9.95. The molecule has 0 radical (unpaired) electrons. The summed E-state index contributed by atoms with van der Waals surface area (Å²) in [5, 5.41) is 3.13. The van der Waals surface area contributed by atoms with Crippen LogP contribution in [0.2, 0.25) is 0 Å². The van der Waals surface area contributed by atoms with Gasteiger partial charge in [0, 0.05) is 26.7 Å². The fraction of sp³-hybridized carbons (Fsp3) is 0.833. The molecule has 3 heteroatoms. The predicted molar refractivity (Wildman–Crippen MR) is 64.1 cm³/mol. The summed E-state index contributed by atoms with van der Waals surface area (Å²) in [6.07, 6.45) is 1.62. The monoisotopic (exact) mass is 212 g/mol. The third-order valence-electron chi connectivity index (χ3n) is 3.15. The Morgan fingerprint density at radius 3 is 2.93 bits per heavy atom. The zero-order valence-corrected chi connectivity index (χ0v) is 10.3. The van der Waals surface area contributed by atoms with Crippen molar-refractivity contribution in [3.8, 4) is 0 Å². The summed E-state index contributed by atoms with van der Waals surface area (Å²) in [5.41, 5.74) is 1.25. The van der Waals surface area contributed by atoms with E-state index in [0.29, 0.717) is 12.0 Å². The Morgan fingerprint density at radius 1 is 1.60 bits per heavy atom. The van der Waals surface area contributed by atoms with Crippen LogP contribution in [0.5, 0.6) is 0 Å². The average Bonchev–Trinajstić information content (AvgIpc) is 2.21. The number of hydrogen-bond acceptors (Lipinski definition) is 3. The normalized spacial score (nSPS) is 27.9. The van der Waals surface area contributed by atoms with Crippen molar-refractivity contribution < 1.29 is 4.74 Å². The van der Waals surface area contributed by atoms with Gasteiger partial charge in [-0.3, -0.25) is 4.90 Å². The molecule has 0 aromatic rings. The summed E-state index contributed by atoms with van der Waals surface area (Å²) in [7, 11) is 3.77. The minimum Gasteiger partial charge on any atom is -0.380 e. The van der Waals surface area contributed by atoms with Crippen molar-refractivity contribution in [2.45, 2.75) is 19.4 Å². The lowest BCUT2D eigenvalue weighted by Crippen LogP contribution is -2.44. The number of likely N-dealkylation sites (tertiary alicyclic amines) is 1. The number of methoxy groups -OCH3 is 1. The standard InChI is InChI=1S/C12H24N2O/c1-10(7-13-3)8-14-6-5-11(2)12(9-14)15-4/h11-13H,1,5-9H2,2-4H3. The molecule has 0 aliphatic carbocycles. The number of rotatable bonds is 5. The van der Waals surface area contributed by atoms with E-state index in [4.69, 9.17) is 4.74 Å². The van der Waals surface area contributed by atoms with Crippen LogP contribution in [0, 0.1) is 5.92 Å². The summed E-state index contributed by atoms with van der Waals surface area (Å²) in [5.74, 6) is 0.684. The minimum atomic E-state index is 0.390. The Labute approximate surface area is 93.5 Å². The second-order valence-electron chi connectivity index (χ2n) is 4.56. The van der Waals surface area contributed by atoms with Crippen molar-refractivity contribution in [2.75, 3.05) is 40.3 Å². The van der Waals surface area contributed by atoms with Gasteiger partial charge in [0.25, 0.3) is 0 Å². The fourth-order valence-corrected chi connectivity index (χ4v) is 2.17. The second kappa shape index (κ2) is 6.26. The molecule has 1 fully saturated rings. The predicted octanol–water partition coefficient (Wildman–Crippen LogP) is 1.12. The van der Waals surface area contributed by atoms with E-state index in [1.54, 1.807) is 0 Å². The molecule has 0 aromatic heterocycles. The fourth-order valence-electron chi connectivity index (χ4n) is 2.17. The van der Waals surface area contributed by atoms with Gasteiger partial charge in [0.15, 0.2) is 0 Å². The maximum Gasteiger partial charge on any atom is 0.0724 e. The minimum absolute atomic E-state index is 0.390. The van der Waals surface area contributed by atoms with Crippen LogP contribution in [0.1, 0.15) is 13.3 Å². The van der Waals surface area contributed by atoms with Gasteiger partial charge in [0.1, 0.15) is 0 Å². The molecule has 2 unspecified atom stereocenters. The van der Waals surface area contributed by atoms with E-state index in [1.165, 1.54) is 18.5 Å². The molecule has 0 amide bonds. The summed E-state index contributed by atoms with van der Waals surface area (Å²) in [4.78, 5) is 2.44. The molecule has 0 aromatic carbocycles. The quantitative estimate of drug-likeness (QED) is 0.691. The van der Waals surface area contributed by atoms with Crippen LogP contribution in [0.25, 0.3) is 0 Å². The van der Waals surface area contributed by atoms with Crippen molar-refractivity contribution >= 4 is 0 Å². The Bertz CT molecular complexity index is 206. The third kappa shape index (κ3) is 3.93. The first-order valence-corrected chi connectivity index (χ1v) is 5.73. The molecular weight excluding hydrogens is 188 g/mol. The van der Waals surface area contributed by atoms with Gasteiger partial charge in [-0.15, -0.1) is 0 Å². The molecule has 2 atom stereocenters. The summed E-state index contributed by atoms with van der Waals surface area (Å²) >= 11 is 0. The van der Waals surface area contributed by atoms with Gasteiger partial charge < -0.3 is 10.1 Å². The van der Waals surface area contributed by atoms with E-state index in [2.05, 4.69) is 23.7 Å². The zero-order chi connectivity index (χ0) is 11.3. The van der Waals surface area contributed by atoms with Gasteiger partial charge in [-0.05, 0) is 31.5 Å². The zero-order valence-electron chi connectivity index (χ0n) is 10.3. The molecule has 88 valence electrons. The molecule has 1 saturated heterocycles. The second-order valence-corrected chi connectivity index (χ2v) is 4.56. The maximum atomic E-state index is 5.49. The number of nitrogens with zero attached hydrogens (tertiary/aromatic N) is 1. The van der Waals surface area contributed by atoms with Gasteiger partial charge in [-0.2, -0.15) is 0 Å². The van der Waals surface area contributed by atoms with Crippen LogP contribution >= 0.6 is 0 Å². The molecule has 1 rings (SSSR count). The van der Waals surface area contributed by atoms with Crippen molar-refractivity contribution in [1.29, 1.82) is 0 Å². The molecule has 3 nitrogen and oxygen atoms in total. The molecule has 1 N–H and O–H groups in total. The van der Waals surface area contributed by atoms with E-state index in [9.17, 15) is 0 Å². The van der Waals surface area contributed by atoms with Crippen LogP contribution in [-0.2, 0) is 4.74 Å². The number of hydrogen-bond donors (Lipinski definition) is 1. The van der Waals surface area contributed by atoms with Gasteiger partial charge in [0.05, 0.1) is 6.10 Å². The largest absolute Gasteiger partial charge is 0.380 e. The molecule has 1 aliphatic heterocycles. The highest BCUT2D eigenvalue weighted by Crippen LogP contribution is 2.19. The Kier molecular flexibility index (Phi) is 5.29. The summed E-state index contributed by atoms with van der Waals surface area (Å²) < 4.78 is 5.49. The van der Waals surface area contributed by atoms with E-state index in [1.807, 2.05) is 14.2 Å². The van der Waals surface area contributed by atoms with Crippen molar-refractivity contribution in [2.24, 2.45) is 5.92 Å². The molecule has 0 saturated carbocycles. The van der Waals surface area contributed by atoms with Crippen molar-refractivity contribution in [3.63, 3.8) is 0 Å². The SMILES string of the molecule is C=C(CNC)CN1CCC(C)C(OC)C1. The smallest absolute Gasteiger partial charge is 0.0724 e. The van der Waals surface area contributed by atoms with Gasteiger partial charge in [0.2, 0.25) is 0 Å². The highest BCUT2D eigenvalue weighted by Gasteiger charge is 2.25. The van der Waals surface area contributed by atoms with E-state index in [-0.39, 0.29) is 0 Å². The Hall–Kier alpha value is -0.380. The van der Waals surface area contributed by atoms with Crippen LogP contribution in [0.15, 0.2) is 12.2 Å². The van der Waals surface area contributed by atoms with Crippen molar-refractivity contribution in [3.05, 3.63) is 12.2 Å². The Balaban J connectivity index is 2.34. The van der Waals surface area contributed by atoms with E-state index >= 15 is 0 Å². The topological polar surface area (TPSA) is 24.5 Å². The van der Waals surface area contributed by atoms with E-state index < -0.39 is 0 Å². The molecular formula is C12H24N2O. The Morgan fingerprint density at radius 2 is 2.33 bits per heavy atom. The highest BCUT2D eigenvalue weighted by atomic mass is 16.5. The van der Waals surface area contributed by atoms with Crippen LogP contribution in [0.3, 0.4) is 0 Å². The number of ether oxygens (including phenoxy) is 1. The van der Waals surface area contributed by atoms with Gasteiger partial charge in [-0.25, -0.2) is 0 Å². The summed E-state index contributed by atoms with van der Waals surface area (Å²) in [6.45, 7) is 10.4. The average molecular weight is 212 g/mol. The molecule has 15 heavy (non-hydrogen) atoms. The first-order valence-electron chi connectivity index (χ1n) is 5.73. The number of piperidine rings is 1. The van der Waals surface area contributed by atoms with Crippen molar-refractivity contribution in [1.82, 2.24) is 10.2 Å². The van der Waals surface area contributed by atoms with Crippen LogP contribution in [-0.4, -0.2) is 51.3 Å². The van der Waals surface area contributed by atoms with E-state index in [0.717, 1.165) is 19.6 Å². The van der Waals surface area contributed by atoms with Gasteiger partial charge >= 0.3 is 0 Å². The lowest BCUT2D eigenvalue weighted by molar-refractivity contribution is -0.00208. The summed E-state index contributed by atoms with van der Waals surface area (Å²) in [6, 6.07) is 0. The first kappa shape index (κ1) is 12.7. The molecule has 1 aliphatic rings. The van der Waals surface area contributed by atoms with Gasteiger partial charge in [-0.1, -0.05) is 13.5 Å². The third-order valence-corrected chi connectivity index (χ3v) is 3.15. The van der Waals surface area contributed by atoms with Crippen LogP contribution in [0.4, 0.5) is 0 Å². The highest BCUT2D eigenvalue weighted by molar-refractivity contribution is 5.00. The molecule has 0 bridgehead atoms. The van der Waals surface area contributed by atoms with Crippen LogP contribution < -0.4 is 5.32 Å².